The van der Waals surface area contributed by atoms with E-state index < -0.39 is 12.1 Å². The Hall–Kier alpha value is -2.69. The van der Waals surface area contributed by atoms with E-state index in [9.17, 15) is 14.0 Å². The number of hydrogen-bond donors (Lipinski definition) is 0. The molecule has 1 heterocycles. The molecule has 1 atom stereocenters. The van der Waals surface area contributed by atoms with Crippen LogP contribution in [0.25, 0.3) is 0 Å². The Morgan fingerprint density at radius 3 is 2.54 bits per heavy atom. The van der Waals surface area contributed by atoms with Gasteiger partial charge < -0.3 is 9.64 Å². The van der Waals surface area contributed by atoms with Gasteiger partial charge in [-0.25, -0.2) is 9.18 Å². The van der Waals surface area contributed by atoms with Gasteiger partial charge in [-0.3, -0.25) is 4.79 Å². The highest BCUT2D eigenvalue weighted by Crippen LogP contribution is 2.30. The number of benzene rings is 2. The van der Waals surface area contributed by atoms with E-state index in [1.807, 2.05) is 30.3 Å². The second-order valence-corrected chi connectivity index (χ2v) is 5.79. The van der Waals surface area contributed by atoms with Crippen molar-refractivity contribution in [1.82, 2.24) is 4.90 Å². The van der Waals surface area contributed by atoms with Gasteiger partial charge in [0, 0.05) is 19.4 Å². The number of hydrogen-bond acceptors (Lipinski definition) is 3. The molecule has 1 amide bonds. The molecule has 1 fully saturated rings. The molecule has 0 unspecified atom stereocenters. The van der Waals surface area contributed by atoms with Gasteiger partial charge in [-0.15, -0.1) is 0 Å². The molecule has 2 aromatic carbocycles. The Kier molecular flexibility index (Phi) is 4.89. The molecule has 24 heavy (non-hydrogen) atoms. The minimum Gasteiger partial charge on any atom is -0.445 e. The number of ether oxygens (including phenoxy) is 1. The van der Waals surface area contributed by atoms with Gasteiger partial charge in [0.25, 0.3) is 0 Å². The normalized spacial score (nSPS) is 17.6. The first-order valence-corrected chi connectivity index (χ1v) is 7.88. The molecule has 2 aromatic rings. The lowest BCUT2D eigenvalue weighted by Crippen LogP contribution is -2.41. The van der Waals surface area contributed by atoms with Gasteiger partial charge in [0.05, 0.1) is 6.04 Å². The van der Waals surface area contributed by atoms with Crippen molar-refractivity contribution in [2.75, 3.05) is 6.54 Å². The van der Waals surface area contributed by atoms with E-state index in [1.54, 1.807) is 17.0 Å². The van der Waals surface area contributed by atoms with Crippen LogP contribution in [0.4, 0.5) is 9.18 Å². The van der Waals surface area contributed by atoms with Crippen LogP contribution in [0.15, 0.2) is 54.6 Å². The second-order valence-electron chi connectivity index (χ2n) is 5.79. The molecular formula is C19H18FNO3. The monoisotopic (exact) mass is 327 g/mol. The first-order valence-electron chi connectivity index (χ1n) is 7.88. The fourth-order valence-corrected chi connectivity index (χ4v) is 2.83. The summed E-state index contributed by atoms with van der Waals surface area (Å²) >= 11 is 0. The van der Waals surface area contributed by atoms with Crippen molar-refractivity contribution < 1.29 is 18.7 Å². The Morgan fingerprint density at radius 1 is 1.12 bits per heavy atom. The summed E-state index contributed by atoms with van der Waals surface area (Å²) in [6.07, 6.45) is 0.0881. The first-order chi connectivity index (χ1) is 11.6. The minimum absolute atomic E-state index is 0.0939. The maximum atomic E-state index is 13.1. The number of carbonyl (C=O) groups excluding carboxylic acids is 2. The molecule has 1 aliphatic heterocycles. The lowest BCUT2D eigenvalue weighted by molar-refractivity contribution is -0.122. The average Bonchev–Trinajstić information content (AvgIpc) is 2.61. The number of amides is 1. The SMILES string of the molecule is O=C1CCN(C(=O)OCc2ccccc2)[C@H](c2ccc(F)cc2)C1. The van der Waals surface area contributed by atoms with Gasteiger partial charge in [0.2, 0.25) is 0 Å². The molecule has 0 bridgehead atoms. The predicted molar refractivity (Wildman–Crippen MR) is 86.7 cm³/mol. The number of carbonyl (C=O) groups is 2. The van der Waals surface area contributed by atoms with Crippen LogP contribution < -0.4 is 0 Å². The Morgan fingerprint density at radius 2 is 1.83 bits per heavy atom. The van der Waals surface area contributed by atoms with Crippen LogP contribution in [0, 0.1) is 5.82 Å². The maximum absolute atomic E-state index is 13.1. The maximum Gasteiger partial charge on any atom is 0.410 e. The van der Waals surface area contributed by atoms with E-state index in [1.165, 1.54) is 12.1 Å². The molecule has 0 aliphatic carbocycles. The fraction of sp³-hybridized carbons (Fsp3) is 0.263. The quantitative estimate of drug-likeness (QED) is 0.860. The summed E-state index contributed by atoms with van der Waals surface area (Å²) in [6, 6.07) is 14.9. The van der Waals surface area contributed by atoms with Gasteiger partial charge in [0.15, 0.2) is 0 Å². The molecule has 0 saturated carbocycles. The van der Waals surface area contributed by atoms with Gasteiger partial charge in [-0.2, -0.15) is 0 Å². The van der Waals surface area contributed by atoms with Crippen LogP contribution in [0.3, 0.4) is 0 Å². The van der Waals surface area contributed by atoms with E-state index >= 15 is 0 Å². The third-order valence-electron chi connectivity index (χ3n) is 4.12. The van der Waals surface area contributed by atoms with E-state index in [-0.39, 0.29) is 24.6 Å². The molecule has 1 saturated heterocycles. The highest BCUT2D eigenvalue weighted by Gasteiger charge is 2.32. The Balaban J connectivity index is 1.72. The van der Waals surface area contributed by atoms with Crippen molar-refractivity contribution in [2.45, 2.75) is 25.5 Å². The van der Waals surface area contributed by atoms with Gasteiger partial charge in [-0.1, -0.05) is 42.5 Å². The van der Waals surface area contributed by atoms with Crippen LogP contribution >= 0.6 is 0 Å². The highest BCUT2D eigenvalue weighted by molar-refractivity contribution is 5.82. The van der Waals surface area contributed by atoms with Crippen molar-refractivity contribution in [3.05, 3.63) is 71.5 Å². The van der Waals surface area contributed by atoms with Gasteiger partial charge >= 0.3 is 6.09 Å². The van der Waals surface area contributed by atoms with Crippen molar-refractivity contribution >= 4 is 11.9 Å². The lowest BCUT2D eigenvalue weighted by atomic mass is 9.95. The van der Waals surface area contributed by atoms with E-state index in [2.05, 4.69) is 0 Å². The van der Waals surface area contributed by atoms with Crippen molar-refractivity contribution in [3.63, 3.8) is 0 Å². The molecule has 0 N–H and O–H groups in total. The van der Waals surface area contributed by atoms with Crippen LogP contribution in [-0.2, 0) is 16.1 Å². The fourth-order valence-electron chi connectivity index (χ4n) is 2.83. The summed E-state index contributed by atoms with van der Waals surface area (Å²) in [4.78, 5) is 25.8. The predicted octanol–water partition coefficient (Wildman–Crippen LogP) is 3.87. The molecule has 0 radical (unpaired) electrons. The lowest BCUT2D eigenvalue weighted by Gasteiger charge is -2.34. The third-order valence-corrected chi connectivity index (χ3v) is 4.12. The van der Waals surface area contributed by atoms with Gasteiger partial charge in [-0.05, 0) is 23.3 Å². The van der Waals surface area contributed by atoms with Gasteiger partial charge in [0.1, 0.15) is 18.2 Å². The zero-order valence-electron chi connectivity index (χ0n) is 13.2. The number of likely N-dealkylation sites (tertiary alicyclic amines) is 1. The average molecular weight is 327 g/mol. The number of rotatable bonds is 3. The second kappa shape index (κ2) is 7.25. The zero-order chi connectivity index (χ0) is 16.9. The Labute approximate surface area is 139 Å². The number of piperidine rings is 1. The molecular weight excluding hydrogens is 309 g/mol. The molecule has 124 valence electrons. The van der Waals surface area contributed by atoms with Crippen LogP contribution in [-0.4, -0.2) is 23.3 Å². The molecule has 4 nitrogen and oxygen atoms in total. The highest BCUT2D eigenvalue weighted by atomic mass is 19.1. The van der Waals surface area contributed by atoms with Crippen molar-refractivity contribution in [1.29, 1.82) is 0 Å². The molecule has 0 spiro atoms. The molecule has 5 heteroatoms. The van der Waals surface area contributed by atoms with E-state index in [0.717, 1.165) is 11.1 Å². The summed E-state index contributed by atoms with van der Waals surface area (Å²) in [5, 5.41) is 0. The third kappa shape index (κ3) is 3.79. The largest absolute Gasteiger partial charge is 0.445 e. The van der Waals surface area contributed by atoms with Crippen LogP contribution in [0.5, 0.6) is 0 Å². The summed E-state index contributed by atoms with van der Waals surface area (Å²) in [5.41, 5.74) is 1.64. The molecule has 3 rings (SSSR count). The molecule has 0 aromatic heterocycles. The topological polar surface area (TPSA) is 46.6 Å². The number of halogens is 1. The number of nitrogens with zero attached hydrogens (tertiary/aromatic N) is 1. The van der Waals surface area contributed by atoms with Crippen LogP contribution in [0.1, 0.15) is 30.0 Å². The number of ketones is 1. The van der Waals surface area contributed by atoms with E-state index in [0.29, 0.717) is 13.0 Å². The number of Topliss-reactive ketones (excluding diaryl/α,β-unsaturated/α-hetero) is 1. The summed E-state index contributed by atoms with van der Waals surface area (Å²) in [5.74, 6) is -0.254. The summed E-state index contributed by atoms with van der Waals surface area (Å²) in [7, 11) is 0. The Bertz CT molecular complexity index is 715. The van der Waals surface area contributed by atoms with Crippen molar-refractivity contribution in [3.8, 4) is 0 Å². The summed E-state index contributed by atoms with van der Waals surface area (Å²) < 4.78 is 18.5. The smallest absolute Gasteiger partial charge is 0.410 e. The first kappa shape index (κ1) is 16.2. The zero-order valence-corrected chi connectivity index (χ0v) is 13.2. The van der Waals surface area contributed by atoms with E-state index in [4.69, 9.17) is 4.74 Å². The standard InChI is InChI=1S/C19H18FNO3/c20-16-8-6-15(7-9-16)18-12-17(22)10-11-21(18)19(23)24-13-14-4-2-1-3-5-14/h1-9,18H,10-13H2/t18-/m0/s1. The van der Waals surface area contributed by atoms with Crippen LogP contribution in [0.2, 0.25) is 0 Å². The minimum atomic E-state index is -0.458. The summed E-state index contributed by atoms with van der Waals surface area (Å²) in [6.45, 7) is 0.495. The van der Waals surface area contributed by atoms with Crippen molar-refractivity contribution in [2.24, 2.45) is 0 Å². The molecule has 1 aliphatic rings.